The largest absolute Gasteiger partial charge is 0.481 e. The summed E-state index contributed by atoms with van der Waals surface area (Å²) in [6.07, 6.45) is 0.531. The summed E-state index contributed by atoms with van der Waals surface area (Å²) >= 11 is 0. The first kappa shape index (κ1) is 19.7. The van der Waals surface area contributed by atoms with Crippen molar-refractivity contribution in [3.63, 3.8) is 0 Å². The highest BCUT2D eigenvalue weighted by Gasteiger charge is 2.32. The summed E-state index contributed by atoms with van der Waals surface area (Å²) in [7, 11) is -3.73. The lowest BCUT2D eigenvalue weighted by Gasteiger charge is -2.34. The van der Waals surface area contributed by atoms with Crippen molar-refractivity contribution in [1.82, 2.24) is 4.90 Å². The summed E-state index contributed by atoms with van der Waals surface area (Å²) in [5.74, 6) is -1.43. The molecule has 3 unspecified atom stereocenters. The highest BCUT2D eigenvalue weighted by molar-refractivity contribution is 7.92. The Kier molecular flexibility index (Phi) is 5.87. The number of aliphatic carboxylic acids is 1. The van der Waals surface area contributed by atoms with Crippen LogP contribution < -0.4 is 5.32 Å². The van der Waals surface area contributed by atoms with Gasteiger partial charge in [-0.05, 0) is 43.5 Å². The molecule has 2 rings (SSSR count). The molecule has 0 bridgehead atoms. The molecule has 140 valence electrons. The van der Waals surface area contributed by atoms with Crippen LogP contribution in [0.3, 0.4) is 0 Å². The third-order valence-electron chi connectivity index (χ3n) is 4.38. The van der Waals surface area contributed by atoms with Crippen molar-refractivity contribution in [2.24, 2.45) is 11.8 Å². The molecule has 2 amide bonds. The van der Waals surface area contributed by atoms with Crippen LogP contribution in [0.4, 0.5) is 10.5 Å². The second kappa shape index (κ2) is 7.74. The molecular weight excluding hydrogens is 358 g/mol. The Balaban J connectivity index is 2.08. The minimum atomic E-state index is -3.73. The fraction of sp³-hybridized carbons (Fsp3) is 0.471. The van der Waals surface area contributed by atoms with Crippen LogP contribution in [-0.4, -0.2) is 48.8 Å². The van der Waals surface area contributed by atoms with Gasteiger partial charge in [-0.2, -0.15) is 5.26 Å². The van der Waals surface area contributed by atoms with E-state index in [1.165, 1.54) is 36.1 Å². The van der Waals surface area contributed by atoms with Gasteiger partial charge in [-0.3, -0.25) is 4.79 Å². The van der Waals surface area contributed by atoms with E-state index >= 15 is 0 Å². The molecule has 1 saturated heterocycles. The van der Waals surface area contributed by atoms with Gasteiger partial charge >= 0.3 is 12.0 Å². The Morgan fingerprint density at radius 3 is 2.46 bits per heavy atom. The molecule has 1 aliphatic rings. The number of likely N-dealkylation sites (tertiary alicyclic amines) is 1. The van der Waals surface area contributed by atoms with Crippen LogP contribution in [0.5, 0.6) is 0 Å². The molecule has 0 radical (unpaired) electrons. The molecule has 1 heterocycles. The van der Waals surface area contributed by atoms with E-state index in [9.17, 15) is 23.1 Å². The Labute approximate surface area is 152 Å². The first-order valence-corrected chi connectivity index (χ1v) is 9.72. The molecule has 0 aliphatic carbocycles. The molecule has 1 fully saturated rings. The van der Waals surface area contributed by atoms with Crippen molar-refractivity contribution in [2.45, 2.75) is 30.4 Å². The third-order valence-corrected chi connectivity index (χ3v) is 6.34. The molecule has 0 aromatic heterocycles. The van der Waals surface area contributed by atoms with E-state index in [0.29, 0.717) is 18.7 Å². The monoisotopic (exact) mass is 379 g/mol. The van der Waals surface area contributed by atoms with E-state index in [-0.39, 0.29) is 17.4 Å². The number of nitriles is 1. The molecule has 9 heteroatoms. The number of carbonyl (C=O) groups is 2. The van der Waals surface area contributed by atoms with Crippen molar-refractivity contribution in [1.29, 1.82) is 5.26 Å². The van der Waals surface area contributed by atoms with Gasteiger partial charge in [0, 0.05) is 18.8 Å². The molecule has 2 N–H and O–H groups in total. The summed E-state index contributed by atoms with van der Waals surface area (Å²) in [6, 6.07) is 6.82. The number of nitrogens with zero attached hydrogens (tertiary/aromatic N) is 2. The summed E-state index contributed by atoms with van der Waals surface area (Å²) < 4.78 is 24.2. The van der Waals surface area contributed by atoms with Crippen LogP contribution in [0.1, 0.15) is 20.3 Å². The van der Waals surface area contributed by atoms with E-state index in [1.54, 1.807) is 6.07 Å². The minimum absolute atomic E-state index is 0.00193. The maximum Gasteiger partial charge on any atom is 0.321 e. The van der Waals surface area contributed by atoms with E-state index in [0.717, 1.165) is 0 Å². The molecule has 0 spiro atoms. The smallest absolute Gasteiger partial charge is 0.321 e. The maximum absolute atomic E-state index is 12.4. The van der Waals surface area contributed by atoms with Gasteiger partial charge in [0.15, 0.2) is 9.84 Å². The Morgan fingerprint density at radius 2 is 1.92 bits per heavy atom. The molecule has 1 aromatic rings. The third kappa shape index (κ3) is 4.32. The summed E-state index contributed by atoms with van der Waals surface area (Å²) in [4.78, 5) is 25.0. The highest BCUT2D eigenvalue weighted by atomic mass is 32.2. The second-order valence-electron chi connectivity index (χ2n) is 6.55. The zero-order valence-electron chi connectivity index (χ0n) is 14.5. The Morgan fingerprint density at radius 1 is 1.31 bits per heavy atom. The van der Waals surface area contributed by atoms with E-state index in [4.69, 9.17) is 5.26 Å². The van der Waals surface area contributed by atoms with Gasteiger partial charge in [-0.25, -0.2) is 13.2 Å². The first-order chi connectivity index (χ1) is 12.1. The van der Waals surface area contributed by atoms with Gasteiger partial charge in [-0.15, -0.1) is 0 Å². The van der Waals surface area contributed by atoms with Crippen molar-refractivity contribution in [3.05, 3.63) is 24.3 Å². The van der Waals surface area contributed by atoms with Crippen LogP contribution in [0.15, 0.2) is 29.2 Å². The van der Waals surface area contributed by atoms with Gasteiger partial charge in [0.05, 0.1) is 16.9 Å². The number of anilines is 1. The predicted molar refractivity (Wildman–Crippen MR) is 94.2 cm³/mol. The minimum Gasteiger partial charge on any atom is -0.481 e. The lowest BCUT2D eigenvalue weighted by atomic mass is 9.91. The zero-order chi connectivity index (χ0) is 19.5. The molecular formula is C17H21N3O5S. The topological polar surface area (TPSA) is 128 Å². The maximum atomic E-state index is 12.4. The summed E-state index contributed by atoms with van der Waals surface area (Å²) in [5, 5.41) is 19.5. The first-order valence-electron chi connectivity index (χ1n) is 8.17. The van der Waals surface area contributed by atoms with Gasteiger partial charge in [0.1, 0.15) is 5.25 Å². The number of carboxylic acids is 1. The van der Waals surface area contributed by atoms with Crippen LogP contribution in [0.2, 0.25) is 0 Å². The number of sulfone groups is 1. The number of piperidine rings is 1. The van der Waals surface area contributed by atoms with E-state index < -0.39 is 33.0 Å². The number of benzene rings is 1. The summed E-state index contributed by atoms with van der Waals surface area (Å²) in [6.45, 7) is 3.80. The fourth-order valence-electron chi connectivity index (χ4n) is 2.90. The van der Waals surface area contributed by atoms with Crippen molar-refractivity contribution < 1.29 is 23.1 Å². The number of rotatable bonds is 4. The number of carbonyl (C=O) groups excluding carboxylic acids is 1. The Hall–Kier alpha value is -2.60. The van der Waals surface area contributed by atoms with Crippen LogP contribution in [0, 0.1) is 23.2 Å². The number of carboxylic acid groups (broad SMARTS) is 1. The standard InChI is InChI=1S/C17H21N3O5S/c1-11-7-13(16(21)22)10-20(9-11)17(23)19-14-3-5-15(6-4-14)26(24,25)12(2)8-18/h3-6,11-13H,7,9-10H2,1-2H3,(H,19,23)(H,21,22). The predicted octanol–water partition coefficient (Wildman–Crippen LogP) is 1.95. The molecule has 1 aromatic carbocycles. The number of nitrogens with one attached hydrogen (secondary N) is 1. The lowest BCUT2D eigenvalue weighted by Crippen LogP contribution is -2.47. The van der Waals surface area contributed by atoms with Crippen molar-refractivity contribution in [2.75, 3.05) is 18.4 Å². The number of hydrogen-bond donors (Lipinski definition) is 2. The van der Waals surface area contributed by atoms with Crippen LogP contribution in [0.25, 0.3) is 0 Å². The SMILES string of the molecule is CC1CC(C(=O)O)CN(C(=O)Nc2ccc(S(=O)(=O)C(C)C#N)cc2)C1. The zero-order valence-corrected chi connectivity index (χ0v) is 15.4. The van der Waals surface area contributed by atoms with Crippen LogP contribution in [-0.2, 0) is 14.6 Å². The number of urea groups is 1. The van der Waals surface area contributed by atoms with Gasteiger partial charge in [0.2, 0.25) is 0 Å². The summed E-state index contributed by atoms with van der Waals surface area (Å²) in [5.41, 5.74) is 0.392. The van der Waals surface area contributed by atoms with Gasteiger partial charge < -0.3 is 15.3 Å². The van der Waals surface area contributed by atoms with Crippen molar-refractivity contribution in [3.8, 4) is 6.07 Å². The van der Waals surface area contributed by atoms with Crippen molar-refractivity contribution >= 4 is 27.5 Å². The van der Waals surface area contributed by atoms with Crippen LogP contribution >= 0.6 is 0 Å². The average molecular weight is 379 g/mol. The highest BCUT2D eigenvalue weighted by Crippen LogP contribution is 2.23. The normalized spacial score (nSPS) is 21.5. The number of hydrogen-bond acceptors (Lipinski definition) is 5. The van der Waals surface area contributed by atoms with Gasteiger partial charge in [0.25, 0.3) is 0 Å². The quantitative estimate of drug-likeness (QED) is 0.823. The lowest BCUT2D eigenvalue weighted by molar-refractivity contribution is -0.143. The molecule has 3 atom stereocenters. The Bertz CT molecular complexity index is 829. The second-order valence-corrected chi connectivity index (χ2v) is 8.82. The molecule has 0 saturated carbocycles. The molecule has 1 aliphatic heterocycles. The van der Waals surface area contributed by atoms with E-state index in [1.807, 2.05) is 6.92 Å². The van der Waals surface area contributed by atoms with Gasteiger partial charge in [-0.1, -0.05) is 6.92 Å². The molecule has 8 nitrogen and oxygen atoms in total. The number of amides is 2. The molecule has 26 heavy (non-hydrogen) atoms. The average Bonchev–Trinajstić information content (AvgIpc) is 2.60. The van der Waals surface area contributed by atoms with E-state index in [2.05, 4.69) is 5.32 Å². The fourth-order valence-corrected chi connectivity index (χ4v) is 3.96.